The predicted octanol–water partition coefficient (Wildman–Crippen LogP) is 2.47. The third kappa shape index (κ3) is 4.50. The molecule has 0 bridgehead atoms. The molecule has 0 spiro atoms. The number of hydrogen-bond donors (Lipinski definition) is 1. The number of thiazole rings is 1. The molecular formula is C23H21N3O3S. The largest absolute Gasteiger partial charge is 0.492 e. The molecule has 3 rings (SSSR count). The summed E-state index contributed by atoms with van der Waals surface area (Å²) in [5.41, 5.74) is 1.00. The number of anilines is 1. The number of rotatable bonds is 6. The molecule has 0 radical (unpaired) electrons. The van der Waals surface area contributed by atoms with E-state index in [0.29, 0.717) is 33.8 Å². The molecule has 1 heterocycles. The van der Waals surface area contributed by atoms with Crippen molar-refractivity contribution in [3.63, 3.8) is 0 Å². The van der Waals surface area contributed by atoms with Crippen molar-refractivity contribution >= 4 is 34.6 Å². The maximum atomic E-state index is 12.9. The first-order chi connectivity index (χ1) is 14.6. The fourth-order valence-electron chi connectivity index (χ4n) is 2.92. The molecule has 0 aliphatic heterocycles. The summed E-state index contributed by atoms with van der Waals surface area (Å²) in [7, 11) is 0. The first-order valence-corrected chi connectivity index (χ1v) is 10.3. The highest BCUT2D eigenvalue weighted by Gasteiger charge is 2.17. The Morgan fingerprint density at radius 1 is 1.17 bits per heavy atom. The molecule has 6 nitrogen and oxygen atoms in total. The molecule has 1 N–H and O–H groups in total. The molecule has 0 aliphatic rings. The van der Waals surface area contributed by atoms with Gasteiger partial charge in [-0.2, -0.15) is 5.26 Å². The van der Waals surface area contributed by atoms with E-state index in [0.717, 1.165) is 16.9 Å². The summed E-state index contributed by atoms with van der Waals surface area (Å²) in [6.07, 6.45) is 1.76. The first kappa shape index (κ1) is 21.1. The molecule has 0 aliphatic carbocycles. The zero-order valence-corrected chi connectivity index (χ0v) is 17.5. The van der Waals surface area contributed by atoms with Crippen LogP contribution in [0, 0.1) is 11.3 Å². The second kappa shape index (κ2) is 9.72. The van der Waals surface area contributed by atoms with E-state index in [9.17, 15) is 14.9 Å². The number of nitrogens with zero attached hydrogens (tertiary/aromatic N) is 2. The Bertz CT molecular complexity index is 1270. The smallest absolute Gasteiger partial charge is 0.269 e. The van der Waals surface area contributed by atoms with Crippen molar-refractivity contribution < 1.29 is 9.53 Å². The van der Waals surface area contributed by atoms with Crippen LogP contribution in [0.3, 0.4) is 0 Å². The summed E-state index contributed by atoms with van der Waals surface area (Å²) in [5, 5.41) is 12.4. The molecule has 1 aromatic heterocycles. The van der Waals surface area contributed by atoms with E-state index in [-0.39, 0.29) is 11.1 Å². The Morgan fingerprint density at radius 2 is 1.87 bits per heavy atom. The lowest BCUT2D eigenvalue weighted by Crippen LogP contribution is -2.33. The van der Waals surface area contributed by atoms with Crippen LogP contribution in [-0.4, -0.2) is 17.1 Å². The molecular weight excluding hydrogens is 398 g/mol. The molecule has 1 amide bonds. The van der Waals surface area contributed by atoms with Gasteiger partial charge in [0, 0.05) is 6.54 Å². The van der Waals surface area contributed by atoms with Gasteiger partial charge in [-0.25, -0.2) is 0 Å². The quantitative estimate of drug-likeness (QED) is 0.665. The second-order valence-electron chi connectivity index (χ2n) is 6.25. The van der Waals surface area contributed by atoms with Crippen molar-refractivity contribution in [2.75, 3.05) is 11.9 Å². The topological polar surface area (TPSA) is 84.1 Å². The number of nitriles is 1. The second-order valence-corrected chi connectivity index (χ2v) is 7.28. The van der Waals surface area contributed by atoms with Crippen LogP contribution in [0.2, 0.25) is 0 Å². The lowest BCUT2D eigenvalue weighted by Gasteiger charge is -2.10. The maximum Gasteiger partial charge on any atom is 0.269 e. The van der Waals surface area contributed by atoms with Crippen molar-refractivity contribution in [2.45, 2.75) is 20.4 Å². The lowest BCUT2D eigenvalue weighted by molar-refractivity contribution is -0.111. The van der Waals surface area contributed by atoms with E-state index >= 15 is 0 Å². The highest BCUT2D eigenvalue weighted by Crippen LogP contribution is 2.24. The summed E-state index contributed by atoms with van der Waals surface area (Å²) < 4.78 is 7.78. The third-order valence-electron chi connectivity index (χ3n) is 4.31. The number of carbonyl (C=O) groups excluding carboxylic acids is 1. The highest BCUT2D eigenvalue weighted by molar-refractivity contribution is 7.07. The van der Waals surface area contributed by atoms with Crippen LogP contribution in [0.5, 0.6) is 5.75 Å². The van der Waals surface area contributed by atoms with Crippen LogP contribution in [-0.2, 0) is 11.3 Å². The normalized spacial score (nSPS) is 12.2. The Kier molecular flexibility index (Phi) is 6.83. The van der Waals surface area contributed by atoms with Gasteiger partial charge in [-0.3, -0.25) is 14.2 Å². The van der Waals surface area contributed by atoms with Gasteiger partial charge in [0.2, 0.25) is 0 Å². The zero-order valence-electron chi connectivity index (χ0n) is 16.7. The number of benzene rings is 2. The van der Waals surface area contributed by atoms with E-state index < -0.39 is 5.91 Å². The van der Waals surface area contributed by atoms with E-state index in [2.05, 4.69) is 5.32 Å². The Hall–Kier alpha value is -3.63. The molecule has 0 saturated carbocycles. The van der Waals surface area contributed by atoms with Crippen molar-refractivity contribution in [3.8, 4) is 11.8 Å². The van der Waals surface area contributed by atoms with Crippen LogP contribution in [0.25, 0.3) is 11.6 Å². The number of para-hydroxylation sites is 2. The monoisotopic (exact) mass is 419 g/mol. The third-order valence-corrected chi connectivity index (χ3v) is 5.44. The molecule has 30 heavy (non-hydrogen) atoms. The summed E-state index contributed by atoms with van der Waals surface area (Å²) in [5.74, 6) is -0.0674. The van der Waals surface area contributed by atoms with E-state index in [1.807, 2.05) is 43.3 Å². The van der Waals surface area contributed by atoms with Crippen LogP contribution in [0.4, 0.5) is 5.69 Å². The van der Waals surface area contributed by atoms with Gasteiger partial charge in [0.1, 0.15) is 16.5 Å². The average molecular weight is 420 g/mol. The van der Waals surface area contributed by atoms with Gasteiger partial charge in [-0.15, -0.1) is 11.3 Å². The first-order valence-electron chi connectivity index (χ1n) is 9.53. The zero-order chi connectivity index (χ0) is 21.5. The van der Waals surface area contributed by atoms with Gasteiger partial charge < -0.3 is 10.1 Å². The van der Waals surface area contributed by atoms with Crippen LogP contribution < -0.4 is 24.8 Å². The minimum Gasteiger partial charge on any atom is -0.492 e. The number of aromatic nitrogens is 1. The van der Waals surface area contributed by atoms with E-state index in [1.165, 1.54) is 4.57 Å². The Morgan fingerprint density at radius 3 is 2.53 bits per heavy atom. The van der Waals surface area contributed by atoms with Crippen LogP contribution in [0.15, 0.2) is 59.4 Å². The fourth-order valence-corrected chi connectivity index (χ4v) is 4.09. The minimum absolute atomic E-state index is 0.113. The van der Waals surface area contributed by atoms with Crippen molar-refractivity contribution in [3.05, 3.63) is 79.7 Å². The Labute approximate surface area is 178 Å². The van der Waals surface area contributed by atoms with Crippen LogP contribution >= 0.6 is 11.3 Å². The predicted molar refractivity (Wildman–Crippen MR) is 119 cm³/mol. The highest BCUT2D eigenvalue weighted by atomic mass is 32.1. The summed E-state index contributed by atoms with van der Waals surface area (Å²) >= 11 is 1.13. The molecule has 152 valence electrons. The minimum atomic E-state index is -0.584. The van der Waals surface area contributed by atoms with Crippen molar-refractivity contribution in [1.82, 2.24) is 4.57 Å². The average Bonchev–Trinajstić information content (AvgIpc) is 3.06. The molecule has 2 aromatic carbocycles. The van der Waals surface area contributed by atoms with E-state index in [1.54, 1.807) is 37.3 Å². The molecule has 0 fully saturated rings. The number of carbonyl (C=O) groups is 1. The summed E-state index contributed by atoms with van der Waals surface area (Å²) in [4.78, 5) is 25.7. The number of hydrogen-bond acceptors (Lipinski definition) is 5. The van der Waals surface area contributed by atoms with Crippen LogP contribution in [0.1, 0.15) is 19.4 Å². The van der Waals surface area contributed by atoms with Gasteiger partial charge >= 0.3 is 0 Å². The Balaban J connectivity index is 2.11. The lowest BCUT2D eigenvalue weighted by atomic mass is 10.2. The molecule has 0 unspecified atom stereocenters. The van der Waals surface area contributed by atoms with Crippen molar-refractivity contribution in [1.29, 1.82) is 5.26 Å². The molecule has 0 saturated heterocycles. The van der Waals surface area contributed by atoms with Crippen molar-refractivity contribution in [2.24, 2.45) is 0 Å². The van der Waals surface area contributed by atoms with Gasteiger partial charge in [0.25, 0.3) is 11.5 Å². The standard InChI is InChI=1S/C23H21N3O3S/c1-3-26-22(28)20(14-16-10-6-5-7-11-16)30-23(26)17(15-24)21(27)25-18-12-8-9-13-19(18)29-4-2/h5-14H,3-4H2,1-2H3,(H,25,27)/b20-14+,23-17-. The number of amides is 1. The SMILES string of the molecule is CCOc1ccccc1NC(=O)/C(C#N)=c1\s/c(=C/c2ccccc2)c(=O)n1CC. The van der Waals surface area contributed by atoms with Gasteiger partial charge in [0.05, 0.1) is 16.8 Å². The summed E-state index contributed by atoms with van der Waals surface area (Å²) in [6.45, 7) is 4.45. The van der Waals surface area contributed by atoms with Gasteiger partial charge in [-0.05, 0) is 37.6 Å². The number of nitrogens with one attached hydrogen (secondary N) is 1. The van der Waals surface area contributed by atoms with Gasteiger partial charge in [-0.1, -0.05) is 42.5 Å². The molecule has 7 heteroatoms. The number of ether oxygens (including phenoxy) is 1. The molecule has 0 atom stereocenters. The molecule has 3 aromatic rings. The summed E-state index contributed by atoms with van der Waals surface area (Å²) in [6, 6.07) is 18.4. The van der Waals surface area contributed by atoms with E-state index in [4.69, 9.17) is 4.74 Å². The fraction of sp³-hybridized carbons (Fsp3) is 0.174. The van der Waals surface area contributed by atoms with Gasteiger partial charge in [0.15, 0.2) is 5.57 Å². The maximum absolute atomic E-state index is 12.9.